The summed E-state index contributed by atoms with van der Waals surface area (Å²) in [6.07, 6.45) is 2.07. The molecule has 1 saturated heterocycles. The predicted molar refractivity (Wildman–Crippen MR) is 122 cm³/mol. The maximum absolute atomic E-state index is 11.7. The van der Waals surface area contributed by atoms with Gasteiger partial charge in [-0.25, -0.2) is 0 Å². The van der Waals surface area contributed by atoms with Gasteiger partial charge in [0.15, 0.2) is 5.96 Å². The smallest absolute Gasteiger partial charge is 0.223 e. The molecule has 8 heteroatoms. The molecule has 6 nitrogen and oxygen atoms in total. The summed E-state index contributed by atoms with van der Waals surface area (Å²) in [5, 5.41) is 7.10. The number of carbonyl (C=O) groups excluding carboxylic acids is 1. The first kappa shape index (κ1) is 22.1. The Labute approximate surface area is 183 Å². The standard InChI is InChI=1S/C19H28ClN5O.HI/c1-2-21-19(23-9-8-22-18(26)15-6-7-15)25-12-10-24(11-13-25)17-5-3-4-16(20)14-17;/h3-5,14-15H,2,6-13H2,1H3,(H,21,23)(H,22,26);1H. The van der Waals surface area contributed by atoms with Crippen molar-refractivity contribution in [2.75, 3.05) is 50.7 Å². The fourth-order valence-corrected chi connectivity index (χ4v) is 3.29. The van der Waals surface area contributed by atoms with E-state index < -0.39 is 0 Å². The Morgan fingerprint density at radius 2 is 1.96 bits per heavy atom. The van der Waals surface area contributed by atoms with E-state index in [-0.39, 0.29) is 35.8 Å². The van der Waals surface area contributed by atoms with E-state index in [1.54, 1.807) is 0 Å². The van der Waals surface area contributed by atoms with Crippen LogP contribution in [0.15, 0.2) is 29.3 Å². The highest BCUT2D eigenvalue weighted by atomic mass is 127. The minimum absolute atomic E-state index is 0. The summed E-state index contributed by atoms with van der Waals surface area (Å²) in [4.78, 5) is 21.0. The van der Waals surface area contributed by atoms with Crippen LogP contribution in [0.2, 0.25) is 5.02 Å². The topological polar surface area (TPSA) is 60.0 Å². The average Bonchev–Trinajstić information content (AvgIpc) is 3.49. The second kappa shape index (κ2) is 10.9. The summed E-state index contributed by atoms with van der Waals surface area (Å²) in [6.45, 7) is 7.81. The summed E-state index contributed by atoms with van der Waals surface area (Å²) in [6, 6.07) is 8.01. The number of benzene rings is 1. The first-order valence-electron chi connectivity index (χ1n) is 9.49. The molecule has 150 valence electrons. The molecule has 27 heavy (non-hydrogen) atoms. The van der Waals surface area contributed by atoms with Crippen molar-refractivity contribution in [1.82, 2.24) is 15.5 Å². The molecule has 1 aliphatic heterocycles. The third kappa shape index (κ3) is 6.71. The number of nitrogens with one attached hydrogen (secondary N) is 2. The second-order valence-corrected chi connectivity index (χ2v) is 7.19. The molecule has 0 radical (unpaired) electrons. The number of piperazine rings is 1. The molecule has 0 bridgehead atoms. The molecule has 1 aliphatic carbocycles. The molecule has 1 aromatic carbocycles. The number of guanidine groups is 1. The van der Waals surface area contributed by atoms with Crippen molar-refractivity contribution >= 4 is 53.1 Å². The minimum atomic E-state index is 0. The van der Waals surface area contributed by atoms with Gasteiger partial charge in [-0.2, -0.15) is 0 Å². The van der Waals surface area contributed by atoms with Crippen LogP contribution in [0, 0.1) is 5.92 Å². The van der Waals surface area contributed by atoms with Crippen LogP contribution in [-0.2, 0) is 4.79 Å². The number of aliphatic imine (C=N–C) groups is 1. The zero-order valence-corrected chi connectivity index (χ0v) is 18.9. The molecule has 3 rings (SSSR count). The van der Waals surface area contributed by atoms with E-state index in [0.29, 0.717) is 13.1 Å². The van der Waals surface area contributed by atoms with Crippen molar-refractivity contribution in [2.24, 2.45) is 10.9 Å². The van der Waals surface area contributed by atoms with Gasteiger partial charge in [0, 0.05) is 55.9 Å². The number of hydrogen-bond acceptors (Lipinski definition) is 3. The SMILES string of the molecule is CCNC(=NCCNC(=O)C1CC1)N1CCN(c2cccc(Cl)c2)CC1.I. The van der Waals surface area contributed by atoms with Crippen LogP contribution < -0.4 is 15.5 Å². The highest BCUT2D eigenvalue weighted by Gasteiger charge is 2.29. The van der Waals surface area contributed by atoms with Crippen molar-refractivity contribution in [2.45, 2.75) is 19.8 Å². The van der Waals surface area contributed by atoms with Crippen molar-refractivity contribution < 1.29 is 4.79 Å². The summed E-state index contributed by atoms with van der Waals surface area (Å²) in [5.74, 6) is 1.37. The van der Waals surface area contributed by atoms with Gasteiger partial charge >= 0.3 is 0 Å². The third-order valence-corrected chi connectivity index (χ3v) is 4.94. The fourth-order valence-electron chi connectivity index (χ4n) is 3.11. The lowest BCUT2D eigenvalue weighted by atomic mass is 10.2. The Morgan fingerprint density at radius 3 is 2.59 bits per heavy atom. The first-order valence-corrected chi connectivity index (χ1v) is 9.86. The fraction of sp³-hybridized carbons (Fsp3) is 0.579. The van der Waals surface area contributed by atoms with E-state index in [1.807, 2.05) is 18.2 Å². The van der Waals surface area contributed by atoms with Crippen LogP contribution >= 0.6 is 35.6 Å². The molecule has 0 atom stereocenters. The van der Waals surface area contributed by atoms with Crippen LogP contribution in [0.4, 0.5) is 5.69 Å². The van der Waals surface area contributed by atoms with Gasteiger partial charge in [-0.1, -0.05) is 17.7 Å². The van der Waals surface area contributed by atoms with Gasteiger partial charge in [-0.3, -0.25) is 9.79 Å². The van der Waals surface area contributed by atoms with Gasteiger partial charge in [-0.15, -0.1) is 24.0 Å². The lowest BCUT2D eigenvalue weighted by Gasteiger charge is -2.37. The quantitative estimate of drug-likeness (QED) is 0.270. The summed E-state index contributed by atoms with van der Waals surface area (Å²) in [5.41, 5.74) is 1.17. The van der Waals surface area contributed by atoms with Crippen LogP contribution in [0.3, 0.4) is 0 Å². The molecule has 2 N–H and O–H groups in total. The van der Waals surface area contributed by atoms with Gasteiger partial charge in [0.25, 0.3) is 0 Å². The monoisotopic (exact) mass is 505 g/mol. The van der Waals surface area contributed by atoms with E-state index in [0.717, 1.165) is 56.5 Å². The highest BCUT2D eigenvalue weighted by molar-refractivity contribution is 14.0. The molecule has 2 fully saturated rings. The average molecular weight is 506 g/mol. The summed E-state index contributed by atoms with van der Waals surface area (Å²) < 4.78 is 0. The molecule has 1 heterocycles. The predicted octanol–water partition coefficient (Wildman–Crippen LogP) is 2.57. The molecular formula is C19H29ClIN5O. The normalized spacial score (nSPS) is 17.3. The Balaban J connectivity index is 0.00000261. The van der Waals surface area contributed by atoms with E-state index >= 15 is 0 Å². The molecule has 1 aromatic rings. The van der Waals surface area contributed by atoms with E-state index in [9.17, 15) is 4.79 Å². The van der Waals surface area contributed by atoms with Crippen LogP contribution in [0.5, 0.6) is 0 Å². The lowest BCUT2D eigenvalue weighted by Crippen LogP contribution is -2.52. The van der Waals surface area contributed by atoms with Gasteiger partial charge < -0.3 is 20.4 Å². The molecule has 0 unspecified atom stereocenters. The van der Waals surface area contributed by atoms with Crippen LogP contribution in [0.25, 0.3) is 0 Å². The van der Waals surface area contributed by atoms with Gasteiger partial charge in [0.05, 0.1) is 6.54 Å². The van der Waals surface area contributed by atoms with E-state index in [1.165, 1.54) is 5.69 Å². The number of anilines is 1. The Bertz CT molecular complexity index is 645. The number of halogens is 2. The molecular weight excluding hydrogens is 477 g/mol. The second-order valence-electron chi connectivity index (χ2n) is 6.75. The number of hydrogen-bond donors (Lipinski definition) is 2. The summed E-state index contributed by atoms with van der Waals surface area (Å²) in [7, 11) is 0. The minimum Gasteiger partial charge on any atom is -0.368 e. The lowest BCUT2D eigenvalue weighted by molar-refractivity contribution is -0.122. The maximum Gasteiger partial charge on any atom is 0.223 e. The molecule has 1 saturated carbocycles. The molecule has 0 spiro atoms. The zero-order chi connectivity index (χ0) is 18.4. The van der Waals surface area contributed by atoms with Crippen molar-refractivity contribution in [3.8, 4) is 0 Å². The van der Waals surface area contributed by atoms with E-state index in [2.05, 4.69) is 38.4 Å². The van der Waals surface area contributed by atoms with Crippen molar-refractivity contribution in [3.63, 3.8) is 0 Å². The van der Waals surface area contributed by atoms with Gasteiger partial charge in [-0.05, 0) is 38.0 Å². The number of rotatable bonds is 6. The molecule has 1 amide bonds. The van der Waals surface area contributed by atoms with Crippen molar-refractivity contribution in [1.29, 1.82) is 0 Å². The Hall–Kier alpha value is -1.22. The zero-order valence-electron chi connectivity index (χ0n) is 15.8. The number of carbonyl (C=O) groups is 1. The Kier molecular flexibility index (Phi) is 8.95. The van der Waals surface area contributed by atoms with E-state index in [4.69, 9.17) is 11.6 Å². The summed E-state index contributed by atoms with van der Waals surface area (Å²) >= 11 is 6.10. The van der Waals surface area contributed by atoms with Gasteiger partial charge in [0.2, 0.25) is 5.91 Å². The number of nitrogens with zero attached hydrogens (tertiary/aromatic N) is 3. The Morgan fingerprint density at radius 1 is 1.22 bits per heavy atom. The van der Waals surface area contributed by atoms with Crippen molar-refractivity contribution in [3.05, 3.63) is 29.3 Å². The number of amides is 1. The third-order valence-electron chi connectivity index (χ3n) is 4.71. The van der Waals surface area contributed by atoms with Crippen LogP contribution in [-0.4, -0.2) is 62.6 Å². The largest absolute Gasteiger partial charge is 0.368 e. The highest BCUT2D eigenvalue weighted by Crippen LogP contribution is 2.28. The molecule has 2 aliphatic rings. The van der Waals surface area contributed by atoms with Gasteiger partial charge in [0.1, 0.15) is 0 Å². The van der Waals surface area contributed by atoms with Crippen LogP contribution in [0.1, 0.15) is 19.8 Å². The molecule has 0 aromatic heterocycles. The maximum atomic E-state index is 11.7. The first-order chi connectivity index (χ1) is 12.7.